The maximum atomic E-state index is 12.0. The molecule has 3 rings (SSSR count). The SMILES string of the molecule is CCCCCCCCCCCCCCCCCNC(=O)OC[C@H]1CO[C@H](COC(=O)CCCCC[n+]2ccsc2)C1.Cc1ccc(S(=O)(=O)[O-])cc1. The Labute approximate surface area is 318 Å². The molecule has 2 heterocycles. The van der Waals surface area contributed by atoms with E-state index in [0.29, 0.717) is 26.2 Å². The molecule has 1 aliphatic heterocycles. The summed E-state index contributed by atoms with van der Waals surface area (Å²) in [5, 5.41) is 4.93. The Morgan fingerprint density at radius 2 is 1.44 bits per heavy atom. The molecule has 52 heavy (non-hydrogen) atoms. The number of hydrogen-bond acceptors (Lipinski definition) is 9. The number of amides is 1. The molecule has 2 atom stereocenters. The summed E-state index contributed by atoms with van der Waals surface area (Å²) < 4.78 is 49.9. The van der Waals surface area contributed by atoms with Crippen LogP contribution in [-0.2, 0) is 35.7 Å². The van der Waals surface area contributed by atoms with Gasteiger partial charge in [-0.25, -0.2) is 13.2 Å². The molecule has 296 valence electrons. The summed E-state index contributed by atoms with van der Waals surface area (Å²) in [6.07, 6.45) is 25.8. The van der Waals surface area contributed by atoms with Crippen molar-refractivity contribution in [2.24, 2.45) is 5.92 Å². The topological polar surface area (TPSA) is 135 Å². The largest absolute Gasteiger partial charge is 0.744 e. The summed E-state index contributed by atoms with van der Waals surface area (Å²) in [4.78, 5) is 23.9. The lowest BCUT2D eigenvalue weighted by molar-refractivity contribution is -0.692. The van der Waals surface area contributed by atoms with Crippen molar-refractivity contribution in [3.63, 3.8) is 0 Å². The summed E-state index contributed by atoms with van der Waals surface area (Å²) in [7, 11) is -4.27. The van der Waals surface area contributed by atoms with E-state index in [1.54, 1.807) is 23.5 Å². The normalized spacial score (nSPS) is 15.5. The Bertz CT molecular complexity index is 1290. The fraction of sp³-hybridized carbons (Fsp3) is 0.725. The van der Waals surface area contributed by atoms with Crippen LogP contribution in [0.1, 0.15) is 141 Å². The van der Waals surface area contributed by atoms with Gasteiger partial charge in [-0.05, 0) is 44.7 Å². The lowest BCUT2D eigenvalue weighted by atomic mass is 10.0. The van der Waals surface area contributed by atoms with Gasteiger partial charge < -0.3 is 24.1 Å². The molecule has 0 spiro atoms. The zero-order valence-electron chi connectivity index (χ0n) is 31.9. The summed E-state index contributed by atoms with van der Waals surface area (Å²) in [5.41, 5.74) is 3.03. The molecule has 0 unspecified atom stereocenters. The summed E-state index contributed by atoms with van der Waals surface area (Å²) in [6, 6.07) is 5.78. The monoisotopic (exact) mass is 766 g/mol. The van der Waals surface area contributed by atoms with Gasteiger partial charge in [0.15, 0.2) is 6.20 Å². The van der Waals surface area contributed by atoms with Crippen LogP contribution in [0.25, 0.3) is 0 Å². The number of hydrogen-bond donors (Lipinski definition) is 1. The van der Waals surface area contributed by atoms with E-state index in [2.05, 4.69) is 33.9 Å². The maximum Gasteiger partial charge on any atom is 0.407 e. The van der Waals surface area contributed by atoms with Crippen molar-refractivity contribution in [1.29, 1.82) is 0 Å². The van der Waals surface area contributed by atoms with Crippen LogP contribution in [-0.4, -0.2) is 57.5 Å². The minimum Gasteiger partial charge on any atom is -0.744 e. The van der Waals surface area contributed by atoms with E-state index in [4.69, 9.17) is 14.2 Å². The van der Waals surface area contributed by atoms with Crippen LogP contribution in [0.4, 0.5) is 4.79 Å². The van der Waals surface area contributed by atoms with Crippen molar-refractivity contribution in [2.45, 2.75) is 160 Å². The lowest BCUT2D eigenvalue weighted by Gasteiger charge is -2.11. The van der Waals surface area contributed by atoms with Crippen LogP contribution in [0, 0.1) is 12.8 Å². The smallest absolute Gasteiger partial charge is 0.407 e. The number of aryl methyl sites for hydroxylation is 2. The molecule has 1 amide bonds. The zero-order chi connectivity index (χ0) is 37.7. The zero-order valence-corrected chi connectivity index (χ0v) is 33.5. The van der Waals surface area contributed by atoms with Crippen molar-refractivity contribution < 1.29 is 41.3 Å². The first kappa shape index (κ1) is 45.6. The second-order valence-electron chi connectivity index (χ2n) is 14.1. The van der Waals surface area contributed by atoms with Gasteiger partial charge in [-0.1, -0.05) is 126 Å². The van der Waals surface area contributed by atoms with E-state index in [1.165, 1.54) is 95.6 Å². The fourth-order valence-electron chi connectivity index (χ4n) is 6.04. The summed E-state index contributed by atoms with van der Waals surface area (Å²) in [5.74, 6) is -0.000446. The number of aromatic nitrogens is 1. The van der Waals surface area contributed by atoms with Crippen LogP contribution in [0.5, 0.6) is 0 Å². The van der Waals surface area contributed by atoms with Gasteiger partial charge in [0.2, 0.25) is 5.51 Å². The Balaban J connectivity index is 0.000000722. The standard InChI is InChI=1S/C33H58N2O5S.C7H8O3S/c1-2-3-4-5-6-7-8-9-10-11-12-13-14-15-18-21-34-33(37)40-27-30-25-31(38-26-30)28-39-32(36)20-17-16-19-22-35-23-24-41-29-35;1-6-2-4-7(5-3-6)11(8,9)10/h23-24,29-31H,2-22,25-28H2,1H3;2-5H,1H3,(H,8,9,10)/t30-,31+;/m1./s1. The van der Waals surface area contributed by atoms with Crippen LogP contribution in [0.15, 0.2) is 46.2 Å². The molecule has 2 aromatic rings. The molecule has 0 saturated carbocycles. The number of rotatable bonds is 27. The highest BCUT2D eigenvalue weighted by molar-refractivity contribution is 7.85. The average molecular weight is 767 g/mol. The molecule has 0 aliphatic carbocycles. The van der Waals surface area contributed by atoms with Gasteiger partial charge in [-0.2, -0.15) is 4.57 Å². The van der Waals surface area contributed by atoms with Gasteiger partial charge in [0, 0.05) is 25.3 Å². The van der Waals surface area contributed by atoms with Crippen LogP contribution in [0.2, 0.25) is 0 Å². The van der Waals surface area contributed by atoms with Crippen LogP contribution in [0.3, 0.4) is 0 Å². The van der Waals surface area contributed by atoms with Gasteiger partial charge in [0.05, 0.1) is 29.6 Å². The predicted octanol–water partition coefficient (Wildman–Crippen LogP) is 9.04. The van der Waals surface area contributed by atoms with Crippen molar-refractivity contribution in [3.05, 3.63) is 46.9 Å². The lowest BCUT2D eigenvalue weighted by Crippen LogP contribution is -2.29. The number of nitrogens with zero attached hydrogens (tertiary/aromatic N) is 1. The molecule has 1 aromatic heterocycles. The number of nitrogens with one attached hydrogen (secondary N) is 1. The first-order valence-corrected chi connectivity index (χ1v) is 22.1. The van der Waals surface area contributed by atoms with Gasteiger partial charge in [-0.3, -0.25) is 4.79 Å². The van der Waals surface area contributed by atoms with E-state index in [-0.39, 0.29) is 35.6 Å². The molecule has 0 radical (unpaired) electrons. The molecule has 1 aromatic carbocycles. The molecule has 12 heteroatoms. The second-order valence-corrected chi connectivity index (χ2v) is 16.2. The van der Waals surface area contributed by atoms with E-state index in [9.17, 15) is 22.6 Å². The second kappa shape index (κ2) is 28.9. The van der Waals surface area contributed by atoms with Crippen molar-refractivity contribution in [1.82, 2.24) is 5.32 Å². The minimum atomic E-state index is -4.27. The van der Waals surface area contributed by atoms with Crippen molar-refractivity contribution in [2.75, 3.05) is 26.4 Å². The minimum absolute atomic E-state index is 0.106. The van der Waals surface area contributed by atoms with Crippen LogP contribution < -0.4 is 9.88 Å². The quantitative estimate of drug-likeness (QED) is 0.0412. The highest BCUT2D eigenvalue weighted by Gasteiger charge is 2.27. The number of unbranched alkanes of at least 4 members (excludes halogenated alkanes) is 16. The maximum absolute atomic E-state index is 12.0. The third kappa shape index (κ3) is 23.9. The molecule has 1 saturated heterocycles. The third-order valence-corrected chi connectivity index (χ3v) is 10.7. The first-order valence-electron chi connectivity index (χ1n) is 19.8. The van der Waals surface area contributed by atoms with E-state index in [1.807, 2.05) is 6.92 Å². The van der Waals surface area contributed by atoms with Gasteiger partial charge in [0.25, 0.3) is 0 Å². The molecule has 1 fully saturated rings. The summed E-state index contributed by atoms with van der Waals surface area (Å²) in [6.45, 7) is 6.93. The summed E-state index contributed by atoms with van der Waals surface area (Å²) >= 11 is 1.69. The molecule has 0 bridgehead atoms. The number of ether oxygens (including phenoxy) is 3. The highest BCUT2D eigenvalue weighted by Crippen LogP contribution is 2.21. The Hall–Kier alpha value is -2.54. The van der Waals surface area contributed by atoms with Crippen molar-refractivity contribution in [3.8, 4) is 0 Å². The number of esters is 1. The molecule has 10 nitrogen and oxygen atoms in total. The number of thiazole rings is 1. The van der Waals surface area contributed by atoms with Gasteiger partial charge in [0.1, 0.15) is 23.3 Å². The van der Waals surface area contributed by atoms with E-state index in [0.717, 1.165) is 50.6 Å². The Kier molecular flexibility index (Phi) is 25.3. The molecule has 1 aliphatic rings. The van der Waals surface area contributed by atoms with E-state index < -0.39 is 10.1 Å². The number of alkyl carbamates (subject to hydrolysis) is 1. The number of benzene rings is 1. The fourth-order valence-corrected chi connectivity index (χ4v) is 7.13. The predicted molar refractivity (Wildman–Crippen MR) is 205 cm³/mol. The molecular formula is C40H66N2O8S2. The highest BCUT2D eigenvalue weighted by atomic mass is 32.2. The van der Waals surface area contributed by atoms with E-state index >= 15 is 0 Å². The molecular weight excluding hydrogens is 701 g/mol. The number of carbonyl (C=O) groups excluding carboxylic acids is 2. The third-order valence-electron chi connectivity index (χ3n) is 9.23. The van der Waals surface area contributed by atoms with Gasteiger partial charge in [-0.15, -0.1) is 0 Å². The van der Waals surface area contributed by atoms with Crippen molar-refractivity contribution >= 4 is 33.5 Å². The van der Waals surface area contributed by atoms with Crippen LogP contribution >= 0.6 is 11.3 Å². The van der Waals surface area contributed by atoms with Gasteiger partial charge >= 0.3 is 12.1 Å². The molecule has 1 N–H and O–H groups in total. The first-order chi connectivity index (χ1) is 25.2. The average Bonchev–Trinajstić information content (AvgIpc) is 3.82. The Morgan fingerprint density at radius 3 is 2.02 bits per heavy atom. The number of carbonyl (C=O) groups is 2. The Morgan fingerprint density at radius 1 is 0.846 bits per heavy atom.